The lowest BCUT2D eigenvalue weighted by Crippen LogP contribution is -2.30. The zero-order valence-electron chi connectivity index (χ0n) is 16.6. The fraction of sp³-hybridized carbons (Fsp3) is 0.333. The molecular weight excluding hydrogens is 409 g/mol. The van der Waals surface area contributed by atoms with E-state index in [-0.39, 0.29) is 35.5 Å². The van der Waals surface area contributed by atoms with Crippen LogP contribution in [0.5, 0.6) is 0 Å². The first-order valence-electron chi connectivity index (χ1n) is 9.71. The van der Waals surface area contributed by atoms with E-state index in [1.165, 1.54) is 36.4 Å². The molecule has 0 aliphatic carbocycles. The summed E-state index contributed by atoms with van der Waals surface area (Å²) in [6, 6.07) is 12.0. The van der Waals surface area contributed by atoms with Crippen molar-refractivity contribution in [2.75, 3.05) is 25.0 Å². The van der Waals surface area contributed by atoms with Crippen LogP contribution in [0.4, 0.5) is 10.1 Å². The Bertz CT molecular complexity index is 1010. The predicted octanol–water partition coefficient (Wildman–Crippen LogP) is 2.15. The minimum absolute atomic E-state index is 0.0932. The minimum atomic E-state index is -3.55. The van der Waals surface area contributed by atoms with E-state index in [0.29, 0.717) is 25.2 Å². The first-order valence-corrected chi connectivity index (χ1v) is 11.2. The summed E-state index contributed by atoms with van der Waals surface area (Å²) in [5.74, 6) is -1.16. The van der Waals surface area contributed by atoms with Crippen LogP contribution in [0.3, 0.4) is 0 Å². The van der Waals surface area contributed by atoms with Crippen LogP contribution in [0.2, 0.25) is 0 Å². The molecule has 3 rings (SSSR count). The topological polar surface area (TPSA) is 95.6 Å². The maximum Gasteiger partial charge on any atom is 0.240 e. The van der Waals surface area contributed by atoms with Gasteiger partial charge >= 0.3 is 0 Å². The molecule has 0 saturated carbocycles. The van der Waals surface area contributed by atoms with E-state index in [9.17, 15) is 22.4 Å². The molecule has 1 fully saturated rings. The molecule has 0 radical (unpaired) electrons. The van der Waals surface area contributed by atoms with Crippen LogP contribution in [0.15, 0.2) is 53.4 Å². The molecule has 1 saturated heterocycles. The molecule has 1 aliphatic rings. The van der Waals surface area contributed by atoms with Crippen molar-refractivity contribution in [2.45, 2.75) is 24.7 Å². The molecule has 1 aliphatic heterocycles. The van der Waals surface area contributed by atoms with Gasteiger partial charge in [-0.05, 0) is 48.4 Å². The molecule has 9 heteroatoms. The van der Waals surface area contributed by atoms with Crippen molar-refractivity contribution in [1.29, 1.82) is 0 Å². The van der Waals surface area contributed by atoms with Crippen LogP contribution in [-0.4, -0.2) is 44.8 Å². The Morgan fingerprint density at radius 3 is 2.43 bits per heavy atom. The van der Waals surface area contributed by atoms with Crippen LogP contribution < -0.4 is 10.0 Å². The van der Waals surface area contributed by atoms with Gasteiger partial charge in [0.15, 0.2) is 0 Å². The number of hydrogen-bond acceptors (Lipinski definition) is 4. The average Bonchev–Trinajstić information content (AvgIpc) is 3.09. The van der Waals surface area contributed by atoms with Crippen molar-refractivity contribution in [3.63, 3.8) is 0 Å². The zero-order valence-corrected chi connectivity index (χ0v) is 17.4. The Labute approximate surface area is 175 Å². The number of amides is 2. The highest BCUT2D eigenvalue weighted by atomic mass is 32.2. The molecule has 160 valence electrons. The molecule has 0 aromatic heterocycles. The van der Waals surface area contributed by atoms with Gasteiger partial charge in [-0.1, -0.05) is 19.1 Å². The quantitative estimate of drug-likeness (QED) is 0.667. The maximum absolute atomic E-state index is 13.0. The molecule has 0 unspecified atom stereocenters. The van der Waals surface area contributed by atoms with Crippen LogP contribution in [-0.2, 0) is 26.0 Å². The summed E-state index contributed by atoms with van der Waals surface area (Å²) >= 11 is 0. The van der Waals surface area contributed by atoms with Crippen LogP contribution in [0, 0.1) is 11.7 Å². The van der Waals surface area contributed by atoms with E-state index in [1.54, 1.807) is 24.0 Å². The van der Waals surface area contributed by atoms with Gasteiger partial charge in [-0.3, -0.25) is 9.59 Å². The molecule has 2 amide bonds. The number of anilines is 1. The summed E-state index contributed by atoms with van der Waals surface area (Å²) in [4.78, 5) is 26.5. The van der Waals surface area contributed by atoms with Crippen LogP contribution in [0.1, 0.15) is 18.9 Å². The molecule has 30 heavy (non-hydrogen) atoms. The van der Waals surface area contributed by atoms with Crippen molar-refractivity contribution in [1.82, 2.24) is 9.62 Å². The highest BCUT2D eigenvalue weighted by molar-refractivity contribution is 7.89. The van der Waals surface area contributed by atoms with Crippen LogP contribution in [0.25, 0.3) is 0 Å². The largest absolute Gasteiger partial charge is 0.342 e. The number of benzene rings is 2. The van der Waals surface area contributed by atoms with Gasteiger partial charge in [0, 0.05) is 31.7 Å². The second-order valence-corrected chi connectivity index (χ2v) is 8.90. The zero-order chi connectivity index (χ0) is 21.7. The van der Waals surface area contributed by atoms with Gasteiger partial charge < -0.3 is 10.2 Å². The van der Waals surface area contributed by atoms with Crippen molar-refractivity contribution in [2.24, 2.45) is 5.92 Å². The molecule has 7 nitrogen and oxygen atoms in total. The smallest absolute Gasteiger partial charge is 0.240 e. The number of carbonyl (C=O) groups excluding carboxylic acids is 2. The fourth-order valence-corrected chi connectivity index (χ4v) is 4.36. The number of nitrogens with one attached hydrogen (secondary N) is 2. The highest BCUT2D eigenvalue weighted by Gasteiger charge is 2.34. The molecule has 2 aromatic carbocycles. The first-order chi connectivity index (χ1) is 14.3. The Hall–Kier alpha value is -2.78. The summed E-state index contributed by atoms with van der Waals surface area (Å²) in [7, 11) is -3.55. The second-order valence-electron chi connectivity index (χ2n) is 7.13. The standard InChI is InChI=1S/C21H24FN3O4S/c1-2-23-30(28,29)19-9-7-18(8-10-19)24-21(27)16-13-20(26)25(14-16)12-11-15-3-5-17(22)6-4-15/h3-10,16,23H,2,11-14H2,1H3,(H,24,27)/t16-/m0/s1. The fourth-order valence-electron chi connectivity index (χ4n) is 3.31. The van der Waals surface area contributed by atoms with Gasteiger partial charge in [0.25, 0.3) is 0 Å². The van der Waals surface area contributed by atoms with Gasteiger partial charge in [0.2, 0.25) is 21.8 Å². The Balaban J connectivity index is 1.54. The molecule has 2 N–H and O–H groups in total. The average molecular weight is 434 g/mol. The maximum atomic E-state index is 13.0. The Morgan fingerprint density at radius 1 is 1.13 bits per heavy atom. The van der Waals surface area contributed by atoms with E-state index >= 15 is 0 Å². The second kappa shape index (κ2) is 9.36. The molecule has 1 atom stereocenters. The lowest BCUT2D eigenvalue weighted by atomic mass is 10.1. The van der Waals surface area contributed by atoms with Gasteiger partial charge in [-0.15, -0.1) is 0 Å². The molecule has 0 bridgehead atoms. The third kappa shape index (κ3) is 5.43. The third-order valence-corrected chi connectivity index (χ3v) is 6.50. The van der Waals surface area contributed by atoms with Crippen molar-refractivity contribution in [3.8, 4) is 0 Å². The lowest BCUT2D eigenvalue weighted by molar-refractivity contribution is -0.128. The summed E-state index contributed by atoms with van der Waals surface area (Å²) in [5, 5.41) is 2.74. The van der Waals surface area contributed by atoms with Crippen molar-refractivity contribution in [3.05, 3.63) is 59.9 Å². The molecule has 2 aromatic rings. The minimum Gasteiger partial charge on any atom is -0.342 e. The number of carbonyl (C=O) groups is 2. The summed E-state index contributed by atoms with van der Waals surface area (Å²) in [6.45, 7) is 2.76. The van der Waals surface area contributed by atoms with Crippen molar-refractivity contribution >= 4 is 27.5 Å². The monoisotopic (exact) mass is 433 g/mol. The normalized spacial score (nSPS) is 16.7. The number of rotatable bonds is 8. The predicted molar refractivity (Wildman–Crippen MR) is 111 cm³/mol. The summed E-state index contributed by atoms with van der Waals surface area (Å²) in [5.41, 5.74) is 1.39. The Morgan fingerprint density at radius 2 is 1.80 bits per heavy atom. The van der Waals surface area contributed by atoms with Gasteiger partial charge in [-0.25, -0.2) is 17.5 Å². The van der Waals surface area contributed by atoms with Crippen molar-refractivity contribution < 1.29 is 22.4 Å². The lowest BCUT2D eigenvalue weighted by Gasteiger charge is -2.16. The number of nitrogens with zero attached hydrogens (tertiary/aromatic N) is 1. The summed E-state index contributed by atoms with van der Waals surface area (Å²) < 4.78 is 39.3. The highest BCUT2D eigenvalue weighted by Crippen LogP contribution is 2.21. The number of hydrogen-bond donors (Lipinski definition) is 2. The van der Waals surface area contributed by atoms with E-state index in [1.807, 2.05) is 0 Å². The Kier molecular flexibility index (Phi) is 6.84. The van der Waals surface area contributed by atoms with E-state index in [4.69, 9.17) is 0 Å². The van der Waals surface area contributed by atoms with E-state index in [0.717, 1.165) is 5.56 Å². The summed E-state index contributed by atoms with van der Waals surface area (Å²) in [6.07, 6.45) is 0.713. The molecule has 0 spiro atoms. The molecular formula is C21H24FN3O4S. The number of likely N-dealkylation sites (tertiary alicyclic amines) is 1. The number of sulfonamides is 1. The molecule has 1 heterocycles. The first kappa shape index (κ1) is 21.9. The van der Waals surface area contributed by atoms with Gasteiger partial charge in [-0.2, -0.15) is 0 Å². The van der Waals surface area contributed by atoms with Crippen LogP contribution >= 0.6 is 0 Å². The van der Waals surface area contributed by atoms with Gasteiger partial charge in [0.1, 0.15) is 5.82 Å². The number of halogens is 1. The van der Waals surface area contributed by atoms with Gasteiger partial charge in [0.05, 0.1) is 10.8 Å². The third-order valence-electron chi connectivity index (χ3n) is 4.94. The SMILES string of the molecule is CCNS(=O)(=O)c1ccc(NC(=O)[C@H]2CC(=O)N(CCc3ccc(F)cc3)C2)cc1. The van der Waals surface area contributed by atoms with E-state index in [2.05, 4.69) is 10.0 Å². The van der Waals surface area contributed by atoms with E-state index < -0.39 is 15.9 Å².